The van der Waals surface area contributed by atoms with Crippen molar-refractivity contribution in [3.8, 4) is 0 Å². The molecule has 0 aromatic carbocycles. The lowest BCUT2D eigenvalue weighted by Gasteiger charge is -2.37. The molecular weight excluding hydrogens is 136 g/mol. The van der Waals surface area contributed by atoms with Crippen molar-refractivity contribution >= 4 is 0 Å². The fourth-order valence-corrected chi connectivity index (χ4v) is 1.10. The molecule has 0 aromatic heterocycles. The Morgan fingerprint density at radius 2 is 2.30 bits per heavy atom. The molecule has 0 bridgehead atoms. The molecule has 3 N–H and O–H groups in total. The van der Waals surface area contributed by atoms with Gasteiger partial charge in [-0.25, -0.2) is 0 Å². The average molecular weight is 148 g/mol. The highest BCUT2D eigenvalue weighted by Gasteiger charge is 2.24. The van der Waals surface area contributed by atoms with Gasteiger partial charge in [-0.15, -0.1) is 0 Å². The van der Waals surface area contributed by atoms with Gasteiger partial charge in [0, 0.05) is 0 Å². The van der Waals surface area contributed by atoms with E-state index in [0.29, 0.717) is 13.1 Å². The SMILES string of the molecule is [O-][N+]1(CC(O)O)CCNC1. The van der Waals surface area contributed by atoms with Crippen molar-refractivity contribution in [2.75, 3.05) is 26.3 Å². The lowest BCUT2D eigenvalue weighted by atomic mass is 10.5. The number of hydroxylamine groups is 3. The molecule has 1 aliphatic heterocycles. The zero-order chi connectivity index (χ0) is 7.61. The monoisotopic (exact) mass is 148 g/mol. The summed E-state index contributed by atoms with van der Waals surface area (Å²) in [5.74, 6) is 0. The molecule has 1 aliphatic rings. The first-order valence-electron chi connectivity index (χ1n) is 3.26. The van der Waals surface area contributed by atoms with E-state index < -0.39 is 10.9 Å². The van der Waals surface area contributed by atoms with Crippen molar-refractivity contribution in [1.82, 2.24) is 5.32 Å². The van der Waals surface area contributed by atoms with Crippen molar-refractivity contribution in [3.63, 3.8) is 0 Å². The predicted molar refractivity (Wildman–Crippen MR) is 34.5 cm³/mol. The molecule has 10 heavy (non-hydrogen) atoms. The van der Waals surface area contributed by atoms with Gasteiger partial charge in [0.2, 0.25) is 6.29 Å². The van der Waals surface area contributed by atoms with E-state index in [0.717, 1.165) is 0 Å². The fourth-order valence-electron chi connectivity index (χ4n) is 1.10. The predicted octanol–water partition coefficient (Wildman–Crippen LogP) is -1.83. The van der Waals surface area contributed by atoms with Crippen LogP contribution in [0.4, 0.5) is 0 Å². The van der Waals surface area contributed by atoms with Crippen LogP contribution in [0, 0.1) is 5.21 Å². The Hall–Kier alpha value is -0.200. The van der Waals surface area contributed by atoms with Crippen LogP contribution >= 0.6 is 0 Å². The van der Waals surface area contributed by atoms with Crippen LogP contribution < -0.4 is 5.32 Å². The van der Waals surface area contributed by atoms with Crippen LogP contribution in [0.1, 0.15) is 0 Å². The molecular formula is C5H12N2O3. The minimum absolute atomic E-state index is 0.132. The van der Waals surface area contributed by atoms with Crippen LogP contribution in [0.25, 0.3) is 0 Å². The Bertz CT molecular complexity index is 111. The van der Waals surface area contributed by atoms with Crippen molar-refractivity contribution in [1.29, 1.82) is 0 Å². The number of aliphatic hydroxyl groups excluding tert-OH is 1. The lowest BCUT2D eigenvalue weighted by Crippen LogP contribution is -2.46. The van der Waals surface area contributed by atoms with Crippen molar-refractivity contribution in [2.45, 2.75) is 6.29 Å². The normalized spacial score (nSPS) is 33.6. The van der Waals surface area contributed by atoms with E-state index in [9.17, 15) is 5.21 Å². The number of hydrogen-bond donors (Lipinski definition) is 3. The summed E-state index contributed by atoms with van der Waals surface area (Å²) in [6, 6.07) is 0. The third kappa shape index (κ3) is 1.89. The van der Waals surface area contributed by atoms with Crippen LogP contribution in [0.3, 0.4) is 0 Å². The van der Waals surface area contributed by atoms with Crippen LogP contribution in [0.15, 0.2) is 0 Å². The number of hydrogen-bond acceptors (Lipinski definition) is 4. The summed E-state index contributed by atoms with van der Waals surface area (Å²) in [6.45, 7) is 1.25. The molecule has 0 saturated carbocycles. The van der Waals surface area contributed by atoms with Gasteiger partial charge in [0.05, 0.1) is 13.1 Å². The molecule has 0 aliphatic carbocycles. The zero-order valence-corrected chi connectivity index (χ0v) is 5.66. The Labute approximate surface area is 59.0 Å². The molecule has 1 atom stereocenters. The van der Waals surface area contributed by atoms with Crippen molar-refractivity contribution in [3.05, 3.63) is 5.21 Å². The van der Waals surface area contributed by atoms with Gasteiger partial charge in [0.1, 0.15) is 13.2 Å². The highest BCUT2D eigenvalue weighted by Crippen LogP contribution is 2.06. The van der Waals surface area contributed by atoms with E-state index in [-0.39, 0.29) is 13.2 Å². The summed E-state index contributed by atoms with van der Waals surface area (Å²) in [6.07, 6.45) is -1.49. The van der Waals surface area contributed by atoms with E-state index >= 15 is 0 Å². The molecule has 0 radical (unpaired) electrons. The fraction of sp³-hybridized carbons (Fsp3) is 1.00. The summed E-state index contributed by atoms with van der Waals surface area (Å²) >= 11 is 0. The van der Waals surface area contributed by atoms with Crippen molar-refractivity contribution in [2.24, 2.45) is 0 Å². The standard InChI is InChI=1S/C5H12N2O3/c8-5(9)3-7(10)2-1-6-4-7/h5-6,8-9H,1-4H2. The maximum Gasteiger partial charge on any atom is 0.202 e. The molecule has 1 heterocycles. The van der Waals surface area contributed by atoms with Crippen molar-refractivity contribution < 1.29 is 14.9 Å². The second-order valence-corrected chi connectivity index (χ2v) is 2.60. The van der Waals surface area contributed by atoms with Gasteiger partial charge in [0.25, 0.3) is 0 Å². The van der Waals surface area contributed by atoms with Crippen LogP contribution in [0.2, 0.25) is 0 Å². The zero-order valence-electron chi connectivity index (χ0n) is 5.66. The Balaban J connectivity index is 2.36. The number of aliphatic hydroxyl groups is 2. The van der Waals surface area contributed by atoms with Crippen LogP contribution in [0.5, 0.6) is 0 Å². The first-order valence-corrected chi connectivity index (χ1v) is 3.26. The van der Waals surface area contributed by atoms with Gasteiger partial charge >= 0.3 is 0 Å². The topological polar surface area (TPSA) is 75.5 Å². The number of nitrogens with one attached hydrogen (secondary N) is 1. The molecule has 5 nitrogen and oxygen atoms in total. The average Bonchev–Trinajstić information content (AvgIpc) is 2.12. The molecule has 0 aromatic rings. The third-order valence-electron chi connectivity index (χ3n) is 1.59. The van der Waals surface area contributed by atoms with Gasteiger partial charge < -0.3 is 20.1 Å². The summed E-state index contributed by atoms with van der Waals surface area (Å²) in [7, 11) is 0. The van der Waals surface area contributed by atoms with E-state index in [1.807, 2.05) is 0 Å². The number of nitrogens with zero attached hydrogens (tertiary/aromatic N) is 1. The maximum atomic E-state index is 11.3. The van der Waals surface area contributed by atoms with Crippen LogP contribution in [-0.2, 0) is 0 Å². The summed E-state index contributed by atoms with van der Waals surface area (Å²) in [4.78, 5) is 0. The molecule has 1 unspecified atom stereocenters. The van der Waals surface area contributed by atoms with E-state index in [1.165, 1.54) is 0 Å². The summed E-state index contributed by atoms with van der Waals surface area (Å²) in [5, 5.41) is 31.1. The molecule has 5 heteroatoms. The second-order valence-electron chi connectivity index (χ2n) is 2.60. The Morgan fingerprint density at radius 3 is 2.70 bits per heavy atom. The highest BCUT2D eigenvalue weighted by atomic mass is 16.6. The molecule has 60 valence electrons. The summed E-state index contributed by atoms with van der Waals surface area (Å²) in [5.41, 5.74) is 0. The largest absolute Gasteiger partial charge is 0.632 e. The van der Waals surface area contributed by atoms with Gasteiger partial charge in [-0.3, -0.25) is 5.32 Å². The smallest absolute Gasteiger partial charge is 0.202 e. The number of rotatable bonds is 2. The van der Waals surface area contributed by atoms with Gasteiger partial charge in [-0.05, 0) is 0 Å². The highest BCUT2D eigenvalue weighted by molar-refractivity contribution is 4.54. The molecule has 1 rings (SSSR count). The van der Waals surface area contributed by atoms with Gasteiger partial charge in [0.15, 0.2) is 0 Å². The van der Waals surface area contributed by atoms with Gasteiger partial charge in [-0.1, -0.05) is 0 Å². The maximum absolute atomic E-state index is 11.3. The van der Waals surface area contributed by atoms with Gasteiger partial charge in [-0.2, -0.15) is 0 Å². The van der Waals surface area contributed by atoms with E-state index in [2.05, 4.69) is 5.32 Å². The quantitative estimate of drug-likeness (QED) is 0.245. The third-order valence-corrected chi connectivity index (χ3v) is 1.59. The molecule has 0 spiro atoms. The molecule has 1 saturated heterocycles. The Morgan fingerprint density at radius 1 is 1.60 bits per heavy atom. The first-order chi connectivity index (χ1) is 4.62. The lowest BCUT2D eigenvalue weighted by molar-refractivity contribution is -0.874. The Kier molecular flexibility index (Phi) is 2.22. The van der Waals surface area contributed by atoms with E-state index in [4.69, 9.17) is 10.2 Å². The molecule has 1 fully saturated rings. The minimum atomic E-state index is -1.49. The van der Waals surface area contributed by atoms with E-state index in [1.54, 1.807) is 0 Å². The number of quaternary nitrogens is 1. The first kappa shape index (κ1) is 7.90. The second kappa shape index (κ2) is 2.81. The molecule has 0 amide bonds. The van der Waals surface area contributed by atoms with Crippen LogP contribution in [-0.4, -0.2) is 47.5 Å². The summed E-state index contributed by atoms with van der Waals surface area (Å²) < 4.78 is -0.530. The minimum Gasteiger partial charge on any atom is -0.632 e.